The minimum atomic E-state index is -0.320. The molecule has 0 fully saturated rings. The summed E-state index contributed by atoms with van der Waals surface area (Å²) in [4.78, 5) is 0. The van der Waals surface area contributed by atoms with Crippen LogP contribution in [-0.2, 0) is 24.0 Å². The van der Waals surface area contributed by atoms with Crippen LogP contribution in [0, 0.1) is 0 Å². The van der Waals surface area contributed by atoms with Crippen molar-refractivity contribution in [3.05, 3.63) is 41.6 Å². The van der Waals surface area contributed by atoms with E-state index in [2.05, 4.69) is 45.0 Å². The van der Waals surface area contributed by atoms with Crippen molar-refractivity contribution in [1.82, 2.24) is 0 Å². The zero-order valence-electron chi connectivity index (χ0n) is 12.7. The summed E-state index contributed by atoms with van der Waals surface area (Å²) in [6.45, 7) is 12.6. The Bertz CT molecular complexity index is 304. The summed E-state index contributed by atoms with van der Waals surface area (Å²) in [7, 11) is 0. The minimum Gasteiger partial charge on any atom is -0.672 e. The van der Waals surface area contributed by atoms with Crippen molar-refractivity contribution in [2.24, 2.45) is 0 Å². The zero-order valence-corrected chi connectivity index (χ0v) is 14.1. The number of benzene rings is 1. The van der Waals surface area contributed by atoms with Gasteiger partial charge in [-0.1, -0.05) is 84.7 Å². The Labute approximate surface area is 125 Å². The second-order valence-electron chi connectivity index (χ2n) is 5.34. The predicted molar refractivity (Wildman–Crippen MR) is 78.5 cm³/mol. The predicted octanol–water partition coefficient (Wildman–Crippen LogP) is 5.60. The summed E-state index contributed by atoms with van der Waals surface area (Å²) in [5.41, 5.74) is 9.28. The Morgan fingerprint density at radius 3 is 1.83 bits per heavy atom. The molecule has 1 nitrogen and oxygen atoms in total. The summed E-state index contributed by atoms with van der Waals surface area (Å²) < 4.78 is 0. The van der Waals surface area contributed by atoms with E-state index in [4.69, 9.17) is 5.73 Å². The van der Waals surface area contributed by atoms with Gasteiger partial charge in [0.15, 0.2) is 0 Å². The summed E-state index contributed by atoms with van der Waals surface area (Å²) in [5, 5.41) is 0. The first kappa shape index (κ1) is 20.1. The number of hydrogen-bond acceptors (Lipinski definition) is 0. The SMILES string of the molecule is CC.CCC(C)([NH-])CC(C)(C)c1ccccc1.[V]. The Morgan fingerprint density at radius 2 is 1.44 bits per heavy atom. The van der Waals surface area contributed by atoms with Crippen molar-refractivity contribution in [1.29, 1.82) is 0 Å². The van der Waals surface area contributed by atoms with E-state index in [9.17, 15) is 0 Å². The van der Waals surface area contributed by atoms with Gasteiger partial charge in [-0.05, 0) is 11.0 Å². The molecule has 0 amide bonds. The molecule has 1 aromatic carbocycles. The molecule has 0 aliphatic carbocycles. The van der Waals surface area contributed by atoms with Gasteiger partial charge in [0, 0.05) is 18.6 Å². The van der Waals surface area contributed by atoms with Crippen LogP contribution < -0.4 is 0 Å². The van der Waals surface area contributed by atoms with Gasteiger partial charge < -0.3 is 5.73 Å². The van der Waals surface area contributed by atoms with Gasteiger partial charge in [-0.25, -0.2) is 0 Å². The second-order valence-corrected chi connectivity index (χ2v) is 5.34. The van der Waals surface area contributed by atoms with Crippen LogP contribution in [0.1, 0.15) is 59.9 Å². The van der Waals surface area contributed by atoms with Gasteiger partial charge in [0.2, 0.25) is 0 Å². The molecule has 0 saturated carbocycles. The van der Waals surface area contributed by atoms with Gasteiger partial charge in [-0.3, -0.25) is 0 Å². The van der Waals surface area contributed by atoms with Gasteiger partial charge in [0.1, 0.15) is 0 Å². The quantitative estimate of drug-likeness (QED) is 0.687. The topological polar surface area (TPSA) is 23.8 Å². The largest absolute Gasteiger partial charge is 0.672 e. The van der Waals surface area contributed by atoms with Crippen LogP contribution >= 0.6 is 0 Å². The Balaban J connectivity index is 0. The molecule has 0 spiro atoms. The molecule has 1 radical (unpaired) electrons. The molecule has 103 valence electrons. The summed E-state index contributed by atoms with van der Waals surface area (Å²) >= 11 is 0. The van der Waals surface area contributed by atoms with Crippen LogP contribution in [0.25, 0.3) is 5.73 Å². The maximum absolute atomic E-state index is 8.18. The van der Waals surface area contributed by atoms with E-state index in [0.717, 1.165) is 12.8 Å². The van der Waals surface area contributed by atoms with Gasteiger partial charge in [-0.15, -0.1) is 5.54 Å². The molecule has 1 unspecified atom stereocenters. The first-order valence-electron chi connectivity index (χ1n) is 6.68. The first-order valence-corrected chi connectivity index (χ1v) is 6.68. The van der Waals surface area contributed by atoms with Crippen molar-refractivity contribution in [3.8, 4) is 0 Å². The molecule has 1 rings (SSSR count). The van der Waals surface area contributed by atoms with Crippen LogP contribution in [0.4, 0.5) is 0 Å². The van der Waals surface area contributed by atoms with E-state index >= 15 is 0 Å². The van der Waals surface area contributed by atoms with Crippen molar-refractivity contribution >= 4 is 0 Å². The monoisotopic (exact) mass is 285 g/mol. The van der Waals surface area contributed by atoms with Gasteiger partial charge >= 0.3 is 0 Å². The van der Waals surface area contributed by atoms with Crippen LogP contribution in [0.2, 0.25) is 0 Å². The maximum Gasteiger partial charge on any atom is 0 e. The van der Waals surface area contributed by atoms with E-state index in [1.165, 1.54) is 5.56 Å². The average Bonchev–Trinajstić information content (AvgIpc) is 2.32. The van der Waals surface area contributed by atoms with E-state index in [-0.39, 0.29) is 29.5 Å². The van der Waals surface area contributed by atoms with Crippen LogP contribution in [-0.4, -0.2) is 5.54 Å². The molecule has 0 heterocycles. The Hall–Kier alpha value is -0.236. The number of nitrogens with one attached hydrogen (secondary N) is 1. The second kappa shape index (κ2) is 8.80. The normalized spacial score (nSPS) is 13.7. The molecule has 0 aliphatic heterocycles. The van der Waals surface area contributed by atoms with E-state index in [0.29, 0.717) is 0 Å². The molecule has 2 heteroatoms. The molecule has 0 aromatic heterocycles. The van der Waals surface area contributed by atoms with Crippen molar-refractivity contribution < 1.29 is 18.6 Å². The van der Waals surface area contributed by atoms with Crippen molar-refractivity contribution in [2.45, 2.75) is 65.3 Å². The minimum absolute atomic E-state index is 0. The first-order chi connectivity index (χ1) is 7.87. The summed E-state index contributed by atoms with van der Waals surface area (Å²) in [6.07, 6.45) is 1.81. The van der Waals surface area contributed by atoms with E-state index < -0.39 is 0 Å². The standard InChI is InChI=1S/C14H22N.C2H6.V/c1-5-14(4,15)11-13(2,3)12-9-7-6-8-10-12;1-2;/h6-10,15H,5,11H2,1-4H3;1-2H3;/q-1;;. The van der Waals surface area contributed by atoms with E-state index in [1.807, 2.05) is 26.8 Å². The third kappa shape index (κ3) is 6.63. The molecule has 0 aliphatic rings. The molecule has 1 aromatic rings. The van der Waals surface area contributed by atoms with Crippen LogP contribution in [0.15, 0.2) is 30.3 Å². The molecule has 1 atom stereocenters. The molecular formula is C16H28NV-. The fourth-order valence-electron chi connectivity index (χ4n) is 2.09. The van der Waals surface area contributed by atoms with Gasteiger partial charge in [0.25, 0.3) is 0 Å². The maximum atomic E-state index is 8.18. The molecule has 0 bridgehead atoms. The van der Waals surface area contributed by atoms with Crippen molar-refractivity contribution in [2.75, 3.05) is 0 Å². The van der Waals surface area contributed by atoms with Crippen molar-refractivity contribution in [3.63, 3.8) is 0 Å². The van der Waals surface area contributed by atoms with Gasteiger partial charge in [-0.2, -0.15) is 0 Å². The van der Waals surface area contributed by atoms with E-state index in [1.54, 1.807) is 0 Å². The fraction of sp³-hybridized carbons (Fsp3) is 0.625. The van der Waals surface area contributed by atoms with Crippen LogP contribution in [0.5, 0.6) is 0 Å². The number of rotatable bonds is 4. The average molecular weight is 285 g/mol. The number of hydrogen-bond donors (Lipinski definition) is 0. The molecule has 0 saturated heterocycles. The molecule has 1 N–H and O–H groups in total. The third-order valence-electron chi connectivity index (χ3n) is 3.17. The molecular weight excluding hydrogens is 257 g/mol. The zero-order chi connectivity index (χ0) is 13.5. The summed E-state index contributed by atoms with van der Waals surface area (Å²) in [6, 6.07) is 10.5. The van der Waals surface area contributed by atoms with Gasteiger partial charge in [0.05, 0.1) is 0 Å². The Morgan fingerprint density at radius 1 is 1.00 bits per heavy atom. The third-order valence-corrected chi connectivity index (χ3v) is 3.17. The smallest absolute Gasteiger partial charge is 0 e. The summed E-state index contributed by atoms with van der Waals surface area (Å²) in [5.74, 6) is 0. The Kier molecular flexibility index (Phi) is 9.82. The molecule has 18 heavy (non-hydrogen) atoms. The van der Waals surface area contributed by atoms with Crippen LogP contribution in [0.3, 0.4) is 0 Å². The fourth-order valence-corrected chi connectivity index (χ4v) is 2.09.